The van der Waals surface area contributed by atoms with Gasteiger partial charge in [0.25, 0.3) is 0 Å². The maximum atomic E-state index is 9.53. The smallest absolute Gasteiger partial charge is 0.0693 e. The molecule has 0 radical (unpaired) electrons. The summed E-state index contributed by atoms with van der Waals surface area (Å²) in [6, 6.07) is 40.0. The van der Waals surface area contributed by atoms with Gasteiger partial charge in [-0.25, -0.2) is 0 Å². The fourth-order valence-electron chi connectivity index (χ4n) is 4.16. The van der Waals surface area contributed by atoms with Gasteiger partial charge in [0, 0.05) is 0 Å². The van der Waals surface area contributed by atoms with Crippen molar-refractivity contribution in [2.24, 2.45) is 0 Å². The molecule has 0 unspecified atom stereocenters. The van der Waals surface area contributed by atoms with Crippen LogP contribution in [0.25, 0.3) is 43.1 Å². The van der Waals surface area contributed by atoms with Crippen LogP contribution in [-0.2, 0) is 6.61 Å². The first-order chi connectivity index (χ1) is 14.8. The molecule has 0 atom stereocenters. The molecule has 0 saturated heterocycles. The van der Waals surface area contributed by atoms with Crippen molar-refractivity contribution in [3.63, 3.8) is 0 Å². The number of fused-ring (bicyclic) bond motifs is 4. The van der Waals surface area contributed by atoms with Crippen molar-refractivity contribution < 1.29 is 5.11 Å². The minimum absolute atomic E-state index is 0.0852. The fraction of sp³-hybridized carbons (Fsp3) is 0.0345. The molecular weight excluding hydrogens is 364 g/mol. The Morgan fingerprint density at radius 2 is 0.700 bits per heavy atom. The lowest BCUT2D eigenvalue weighted by Crippen LogP contribution is -1.88. The lowest BCUT2D eigenvalue weighted by Gasteiger charge is -2.08. The lowest BCUT2D eigenvalue weighted by atomic mass is 9.97. The summed E-state index contributed by atoms with van der Waals surface area (Å²) in [5.74, 6) is 0. The van der Waals surface area contributed by atoms with Gasteiger partial charge in [0.1, 0.15) is 0 Å². The molecule has 0 aliphatic heterocycles. The molecule has 0 saturated carbocycles. The normalized spacial score (nSPS) is 11.0. The Labute approximate surface area is 175 Å². The van der Waals surface area contributed by atoms with E-state index in [0.717, 1.165) is 16.3 Å². The Morgan fingerprint density at radius 1 is 0.400 bits per heavy atom. The Kier molecular flexibility index (Phi) is 4.88. The van der Waals surface area contributed by atoms with Crippen molar-refractivity contribution in [2.45, 2.75) is 6.61 Å². The Morgan fingerprint density at radius 3 is 1.07 bits per heavy atom. The highest BCUT2D eigenvalue weighted by Gasteiger charge is 2.05. The fourth-order valence-corrected chi connectivity index (χ4v) is 4.16. The minimum Gasteiger partial charge on any atom is -0.392 e. The van der Waals surface area contributed by atoms with Gasteiger partial charge in [-0.05, 0) is 66.9 Å². The highest BCUT2D eigenvalue weighted by molar-refractivity contribution is 6.02. The van der Waals surface area contributed by atoms with Gasteiger partial charge in [0.05, 0.1) is 6.61 Å². The quantitative estimate of drug-likeness (QED) is 0.290. The highest BCUT2D eigenvalue weighted by atomic mass is 16.3. The van der Waals surface area contributed by atoms with E-state index in [1.807, 2.05) is 24.3 Å². The van der Waals surface area contributed by atoms with Gasteiger partial charge >= 0.3 is 0 Å². The molecule has 6 aromatic rings. The van der Waals surface area contributed by atoms with Gasteiger partial charge in [-0.2, -0.15) is 0 Å². The standard InChI is InChI=1S/C15H12O.C14H10/c16-10-15-13-7-3-1-5-11(13)9-12-6-2-4-8-14(12)15;1-2-6-12-10-14-8-4-3-7-13(14)9-11(12)5-1/h1-9,16H,10H2;1-10H. The Balaban J connectivity index is 0.000000130. The summed E-state index contributed by atoms with van der Waals surface area (Å²) in [5, 5.41) is 19.4. The van der Waals surface area contributed by atoms with Crippen molar-refractivity contribution in [1.82, 2.24) is 0 Å². The third-order valence-electron chi connectivity index (χ3n) is 5.65. The summed E-state index contributed by atoms with van der Waals surface area (Å²) in [6.07, 6.45) is 0. The summed E-state index contributed by atoms with van der Waals surface area (Å²) in [6.45, 7) is 0.0852. The largest absolute Gasteiger partial charge is 0.392 e. The first-order valence-electron chi connectivity index (χ1n) is 10.2. The third kappa shape index (κ3) is 3.41. The van der Waals surface area contributed by atoms with Gasteiger partial charge in [0.15, 0.2) is 0 Å². The summed E-state index contributed by atoms with van der Waals surface area (Å²) in [4.78, 5) is 0. The Bertz CT molecular complexity index is 1320. The van der Waals surface area contributed by atoms with Crippen molar-refractivity contribution in [1.29, 1.82) is 0 Å². The van der Waals surface area contributed by atoms with E-state index in [1.165, 1.54) is 32.3 Å². The average Bonchev–Trinajstić information content (AvgIpc) is 2.81. The molecule has 6 rings (SSSR count). The molecule has 0 fully saturated rings. The van der Waals surface area contributed by atoms with E-state index < -0.39 is 0 Å². The van der Waals surface area contributed by atoms with Crippen LogP contribution in [0.3, 0.4) is 0 Å². The molecule has 0 aromatic heterocycles. The predicted octanol–water partition coefficient (Wildman–Crippen LogP) is 7.48. The van der Waals surface area contributed by atoms with Crippen LogP contribution in [0, 0.1) is 0 Å². The van der Waals surface area contributed by atoms with Crippen molar-refractivity contribution in [3.8, 4) is 0 Å². The SMILES string of the molecule is OCc1c2ccccc2cc2ccccc12.c1ccc2cc3ccccc3cc2c1. The topological polar surface area (TPSA) is 20.2 Å². The van der Waals surface area contributed by atoms with Gasteiger partial charge in [0.2, 0.25) is 0 Å². The monoisotopic (exact) mass is 386 g/mol. The van der Waals surface area contributed by atoms with E-state index in [9.17, 15) is 5.11 Å². The van der Waals surface area contributed by atoms with Gasteiger partial charge < -0.3 is 5.11 Å². The molecule has 0 aliphatic carbocycles. The van der Waals surface area contributed by atoms with Crippen LogP contribution in [0.5, 0.6) is 0 Å². The molecule has 0 aliphatic rings. The maximum absolute atomic E-state index is 9.53. The van der Waals surface area contributed by atoms with E-state index in [-0.39, 0.29) is 6.61 Å². The van der Waals surface area contributed by atoms with Gasteiger partial charge in [-0.3, -0.25) is 0 Å². The summed E-state index contributed by atoms with van der Waals surface area (Å²) in [7, 11) is 0. The molecule has 1 N–H and O–H groups in total. The molecule has 30 heavy (non-hydrogen) atoms. The van der Waals surface area contributed by atoms with Crippen LogP contribution >= 0.6 is 0 Å². The van der Waals surface area contributed by atoms with Crippen molar-refractivity contribution in [2.75, 3.05) is 0 Å². The highest BCUT2D eigenvalue weighted by Crippen LogP contribution is 2.28. The molecule has 0 spiro atoms. The zero-order chi connectivity index (χ0) is 20.3. The second kappa shape index (κ2) is 7.98. The summed E-state index contributed by atoms with van der Waals surface area (Å²) >= 11 is 0. The molecule has 1 nitrogen and oxygen atoms in total. The molecule has 6 aromatic carbocycles. The van der Waals surface area contributed by atoms with Gasteiger partial charge in [-0.15, -0.1) is 0 Å². The number of aliphatic hydroxyl groups excluding tert-OH is 1. The first kappa shape index (κ1) is 18.4. The van der Waals surface area contributed by atoms with E-state index in [0.29, 0.717) is 0 Å². The first-order valence-corrected chi connectivity index (χ1v) is 10.2. The Hall–Kier alpha value is -3.68. The van der Waals surface area contributed by atoms with E-state index in [2.05, 4.69) is 91.0 Å². The third-order valence-corrected chi connectivity index (χ3v) is 5.65. The van der Waals surface area contributed by atoms with Crippen LogP contribution in [-0.4, -0.2) is 5.11 Å². The predicted molar refractivity (Wildman–Crippen MR) is 129 cm³/mol. The number of benzene rings is 6. The number of rotatable bonds is 1. The second-order valence-corrected chi connectivity index (χ2v) is 7.50. The van der Waals surface area contributed by atoms with Crippen LogP contribution in [0.4, 0.5) is 0 Å². The van der Waals surface area contributed by atoms with Crippen molar-refractivity contribution in [3.05, 3.63) is 121 Å². The summed E-state index contributed by atoms with van der Waals surface area (Å²) < 4.78 is 0. The maximum Gasteiger partial charge on any atom is 0.0693 e. The molecule has 0 heterocycles. The number of aliphatic hydroxyl groups is 1. The molecule has 144 valence electrons. The van der Waals surface area contributed by atoms with E-state index >= 15 is 0 Å². The van der Waals surface area contributed by atoms with E-state index in [1.54, 1.807) is 0 Å². The summed E-state index contributed by atoms with van der Waals surface area (Å²) in [5.41, 5.74) is 1.02. The van der Waals surface area contributed by atoms with Crippen molar-refractivity contribution >= 4 is 43.1 Å². The zero-order valence-electron chi connectivity index (χ0n) is 16.6. The van der Waals surface area contributed by atoms with Crippen LogP contribution < -0.4 is 0 Å². The van der Waals surface area contributed by atoms with Crippen LogP contribution in [0.15, 0.2) is 115 Å². The van der Waals surface area contributed by atoms with E-state index in [4.69, 9.17) is 0 Å². The number of hydrogen-bond donors (Lipinski definition) is 1. The zero-order valence-corrected chi connectivity index (χ0v) is 16.6. The second-order valence-electron chi connectivity index (χ2n) is 7.50. The van der Waals surface area contributed by atoms with Crippen LogP contribution in [0.1, 0.15) is 5.56 Å². The molecular formula is C29H22O. The molecule has 0 bridgehead atoms. The minimum atomic E-state index is 0.0852. The molecule has 1 heteroatoms. The lowest BCUT2D eigenvalue weighted by molar-refractivity contribution is 0.285. The molecule has 0 amide bonds. The van der Waals surface area contributed by atoms with Crippen LogP contribution in [0.2, 0.25) is 0 Å². The number of hydrogen-bond acceptors (Lipinski definition) is 1. The average molecular weight is 386 g/mol. The van der Waals surface area contributed by atoms with Gasteiger partial charge in [-0.1, -0.05) is 97.1 Å².